The van der Waals surface area contributed by atoms with Gasteiger partial charge in [-0.3, -0.25) is 24.6 Å². The first-order valence-electron chi connectivity index (χ1n) is 10.8. The summed E-state index contributed by atoms with van der Waals surface area (Å²) in [5, 5.41) is 33.7. The molecule has 2 aromatic carbocycles. The summed E-state index contributed by atoms with van der Waals surface area (Å²) < 4.78 is 0.652. The Labute approximate surface area is 199 Å². The zero-order chi connectivity index (χ0) is 23.9. The van der Waals surface area contributed by atoms with Crippen LogP contribution in [0.5, 0.6) is 11.5 Å². The second kappa shape index (κ2) is 8.79. The molecule has 33 heavy (non-hydrogen) atoms. The van der Waals surface area contributed by atoms with Crippen LogP contribution in [0.1, 0.15) is 36.9 Å². The topological polar surface area (TPSA) is 127 Å². The van der Waals surface area contributed by atoms with E-state index in [0.717, 1.165) is 6.42 Å². The van der Waals surface area contributed by atoms with Crippen LogP contribution in [0.2, 0.25) is 0 Å². The third-order valence-electron chi connectivity index (χ3n) is 6.61. The fourth-order valence-electron chi connectivity index (χ4n) is 5.01. The van der Waals surface area contributed by atoms with Crippen LogP contribution in [0.3, 0.4) is 0 Å². The summed E-state index contributed by atoms with van der Waals surface area (Å²) in [7, 11) is 0. The van der Waals surface area contributed by atoms with Gasteiger partial charge in [0.15, 0.2) is 0 Å². The fourth-order valence-corrected chi connectivity index (χ4v) is 5.39. The number of hydrogen-bond acceptors (Lipinski definition) is 6. The number of hydrogen-bond donors (Lipinski definition) is 4. The van der Waals surface area contributed by atoms with Gasteiger partial charge in [0, 0.05) is 29.0 Å². The number of rotatable bonds is 7. The maximum atomic E-state index is 13.5. The summed E-state index contributed by atoms with van der Waals surface area (Å²) in [5.41, 5.74) is -0.825. The predicted molar refractivity (Wildman–Crippen MR) is 122 cm³/mol. The number of aliphatic carboxylic acids is 1. The number of phenolic OH excluding ortho intramolecular Hbond substituents is 2. The first kappa shape index (κ1) is 23.3. The molecule has 2 aromatic rings. The molecule has 0 aromatic heterocycles. The van der Waals surface area contributed by atoms with E-state index in [9.17, 15) is 29.7 Å². The lowest BCUT2D eigenvalue weighted by Gasteiger charge is -2.31. The van der Waals surface area contributed by atoms with Crippen molar-refractivity contribution in [2.75, 3.05) is 6.54 Å². The average Bonchev–Trinajstić information content (AvgIpc) is 3.24. The summed E-state index contributed by atoms with van der Waals surface area (Å²) in [5.74, 6) is -4.35. The molecule has 0 spiro atoms. The van der Waals surface area contributed by atoms with Crippen LogP contribution >= 0.6 is 15.9 Å². The van der Waals surface area contributed by atoms with E-state index < -0.39 is 41.2 Å². The Balaban J connectivity index is 1.85. The quantitative estimate of drug-likeness (QED) is 0.416. The molecule has 2 fully saturated rings. The van der Waals surface area contributed by atoms with Crippen LogP contribution in [-0.4, -0.2) is 50.1 Å². The molecule has 4 rings (SSSR count). The van der Waals surface area contributed by atoms with E-state index in [1.165, 1.54) is 23.1 Å². The maximum Gasteiger partial charge on any atom is 0.325 e. The highest BCUT2D eigenvalue weighted by Gasteiger charge is 2.68. The molecule has 4 unspecified atom stereocenters. The van der Waals surface area contributed by atoms with Crippen LogP contribution in [0, 0.1) is 11.8 Å². The minimum absolute atomic E-state index is 0.0372. The van der Waals surface area contributed by atoms with Crippen LogP contribution in [-0.2, 0) is 20.8 Å². The predicted octanol–water partition coefficient (Wildman–Crippen LogP) is 2.97. The molecular weight excluding hydrogens is 492 g/mol. The molecule has 2 aliphatic heterocycles. The number of halogens is 1. The number of nitrogens with zero attached hydrogens (tertiary/aromatic N) is 1. The zero-order valence-electron chi connectivity index (χ0n) is 18.0. The third kappa shape index (κ3) is 3.89. The lowest BCUT2D eigenvalue weighted by atomic mass is 9.76. The van der Waals surface area contributed by atoms with Gasteiger partial charge in [-0.1, -0.05) is 41.4 Å². The SMILES string of the molecule is CCCCN1C(=O)C2C(c3cc(Br)ccc3O)NC(Cc3ccc(O)cc3)(C(=O)O)C2C1=O. The number of phenols is 2. The van der Waals surface area contributed by atoms with Crippen molar-refractivity contribution in [2.45, 2.75) is 37.8 Å². The molecule has 4 atom stereocenters. The number of carbonyl (C=O) groups excluding carboxylic acids is 2. The van der Waals surface area contributed by atoms with E-state index in [1.807, 2.05) is 6.92 Å². The monoisotopic (exact) mass is 516 g/mol. The largest absolute Gasteiger partial charge is 0.508 e. The van der Waals surface area contributed by atoms with Gasteiger partial charge >= 0.3 is 5.97 Å². The highest BCUT2D eigenvalue weighted by atomic mass is 79.9. The lowest BCUT2D eigenvalue weighted by molar-refractivity contribution is -0.151. The van der Waals surface area contributed by atoms with Crippen molar-refractivity contribution < 1.29 is 29.7 Å². The smallest absolute Gasteiger partial charge is 0.325 e. The molecule has 0 saturated carbocycles. The van der Waals surface area contributed by atoms with Gasteiger partial charge in [-0.2, -0.15) is 0 Å². The van der Waals surface area contributed by atoms with E-state index >= 15 is 0 Å². The van der Waals surface area contributed by atoms with Gasteiger partial charge in [0.05, 0.1) is 11.8 Å². The van der Waals surface area contributed by atoms with Crippen molar-refractivity contribution in [3.05, 3.63) is 58.1 Å². The average molecular weight is 517 g/mol. The Kier molecular flexibility index (Phi) is 6.20. The number of imide groups is 1. The van der Waals surface area contributed by atoms with Gasteiger partial charge in [0.25, 0.3) is 0 Å². The van der Waals surface area contributed by atoms with Gasteiger partial charge < -0.3 is 15.3 Å². The van der Waals surface area contributed by atoms with Gasteiger partial charge in [-0.25, -0.2) is 0 Å². The van der Waals surface area contributed by atoms with E-state index in [2.05, 4.69) is 21.2 Å². The number of aromatic hydroxyl groups is 2. The van der Waals surface area contributed by atoms with Crippen LogP contribution < -0.4 is 5.32 Å². The molecule has 2 saturated heterocycles. The first-order chi connectivity index (χ1) is 15.7. The molecule has 9 heteroatoms. The number of carboxylic acid groups (broad SMARTS) is 1. The second-order valence-electron chi connectivity index (χ2n) is 8.63. The van der Waals surface area contributed by atoms with E-state index in [1.54, 1.807) is 24.3 Å². The van der Waals surface area contributed by atoms with Crippen LogP contribution in [0.4, 0.5) is 0 Å². The summed E-state index contributed by atoms with van der Waals surface area (Å²) in [6.45, 7) is 2.18. The van der Waals surface area contributed by atoms with Crippen molar-refractivity contribution in [2.24, 2.45) is 11.8 Å². The number of fused-ring (bicyclic) bond motifs is 1. The molecule has 0 radical (unpaired) electrons. The number of carboxylic acids is 1. The normalized spacial score (nSPS) is 26.6. The van der Waals surface area contributed by atoms with Gasteiger partial charge in [0.2, 0.25) is 11.8 Å². The van der Waals surface area contributed by atoms with Gasteiger partial charge in [0.1, 0.15) is 17.0 Å². The Morgan fingerprint density at radius 2 is 1.82 bits per heavy atom. The zero-order valence-corrected chi connectivity index (χ0v) is 19.6. The van der Waals surface area contributed by atoms with Crippen molar-refractivity contribution in [1.82, 2.24) is 10.2 Å². The molecule has 0 bridgehead atoms. The third-order valence-corrected chi connectivity index (χ3v) is 7.10. The second-order valence-corrected chi connectivity index (χ2v) is 9.55. The Morgan fingerprint density at radius 3 is 2.45 bits per heavy atom. The molecule has 2 amide bonds. The number of nitrogens with one attached hydrogen (secondary N) is 1. The highest BCUT2D eigenvalue weighted by Crippen LogP contribution is 2.51. The van der Waals surface area contributed by atoms with E-state index in [-0.39, 0.29) is 24.5 Å². The number of amides is 2. The van der Waals surface area contributed by atoms with Gasteiger partial charge in [-0.05, 0) is 42.3 Å². The highest BCUT2D eigenvalue weighted by molar-refractivity contribution is 9.10. The van der Waals surface area contributed by atoms with Crippen molar-refractivity contribution in [1.29, 1.82) is 0 Å². The minimum atomic E-state index is -1.77. The summed E-state index contributed by atoms with van der Waals surface area (Å²) >= 11 is 3.37. The Bertz CT molecular complexity index is 1100. The minimum Gasteiger partial charge on any atom is -0.508 e. The Morgan fingerprint density at radius 1 is 1.12 bits per heavy atom. The molecule has 2 aliphatic rings. The summed E-state index contributed by atoms with van der Waals surface area (Å²) in [6, 6.07) is 9.95. The fraction of sp³-hybridized carbons (Fsp3) is 0.375. The van der Waals surface area contributed by atoms with Crippen LogP contribution in [0.25, 0.3) is 0 Å². The number of benzene rings is 2. The molecule has 174 valence electrons. The number of likely N-dealkylation sites (tertiary alicyclic amines) is 1. The maximum absolute atomic E-state index is 13.5. The number of carbonyl (C=O) groups is 3. The van der Waals surface area contributed by atoms with Crippen molar-refractivity contribution in [3.8, 4) is 11.5 Å². The van der Waals surface area contributed by atoms with E-state index in [4.69, 9.17) is 0 Å². The van der Waals surface area contributed by atoms with E-state index in [0.29, 0.717) is 22.0 Å². The van der Waals surface area contributed by atoms with Crippen molar-refractivity contribution >= 4 is 33.7 Å². The molecule has 8 nitrogen and oxygen atoms in total. The standard InChI is InChI=1S/C24H25BrN2O6/c1-2-3-10-27-21(30)18-19(22(27)31)24(23(32)33,12-13-4-7-15(28)8-5-13)26-20(18)16-11-14(25)6-9-17(16)29/h4-9,11,18-20,26,28-29H,2-3,10,12H2,1H3,(H,32,33). The molecule has 0 aliphatic carbocycles. The summed E-state index contributed by atoms with van der Waals surface area (Å²) in [4.78, 5) is 40.9. The summed E-state index contributed by atoms with van der Waals surface area (Å²) in [6.07, 6.45) is 1.32. The van der Waals surface area contributed by atoms with Gasteiger partial charge in [-0.15, -0.1) is 0 Å². The number of unbranched alkanes of at least 4 members (excludes halogenated alkanes) is 1. The van der Waals surface area contributed by atoms with Crippen LogP contribution in [0.15, 0.2) is 46.9 Å². The molecule has 2 heterocycles. The first-order valence-corrected chi connectivity index (χ1v) is 11.6. The lowest BCUT2D eigenvalue weighted by Crippen LogP contribution is -2.57. The van der Waals surface area contributed by atoms with Crippen molar-refractivity contribution in [3.63, 3.8) is 0 Å². The molecular formula is C24H25BrN2O6. The molecule has 4 N–H and O–H groups in total. The Hall–Kier alpha value is -2.91.